The second-order valence-electron chi connectivity index (χ2n) is 4.54. The highest BCUT2D eigenvalue weighted by molar-refractivity contribution is 9.09. The lowest BCUT2D eigenvalue weighted by molar-refractivity contribution is -0.134. The number of rotatable bonds is 8. The third-order valence-corrected chi connectivity index (χ3v) is 5.05. The summed E-state index contributed by atoms with van der Waals surface area (Å²) in [5, 5.41) is 0.429. The summed E-state index contributed by atoms with van der Waals surface area (Å²) in [5.41, 5.74) is 0.804. The molecule has 0 atom stereocenters. The fourth-order valence-electron chi connectivity index (χ4n) is 1.78. The summed E-state index contributed by atoms with van der Waals surface area (Å²) in [5.74, 6) is -0.494. The monoisotopic (exact) mass is 387 g/mol. The van der Waals surface area contributed by atoms with Crippen molar-refractivity contribution in [2.24, 2.45) is 0 Å². The minimum absolute atomic E-state index is 0.167. The first-order chi connectivity index (χ1) is 9.74. The van der Waals surface area contributed by atoms with E-state index in [0.717, 1.165) is 5.56 Å². The van der Waals surface area contributed by atoms with Crippen molar-refractivity contribution in [1.82, 2.24) is 4.31 Å². The van der Waals surface area contributed by atoms with E-state index in [1.807, 2.05) is 6.07 Å². The molecule has 0 N–H and O–H groups in total. The first-order valence-electron chi connectivity index (χ1n) is 6.39. The SMILES string of the molecule is O=S(=O)(CCCC(F)(F)F)N(CCBr)Cc1ccccc1. The van der Waals surface area contributed by atoms with E-state index in [0.29, 0.717) is 5.33 Å². The van der Waals surface area contributed by atoms with E-state index in [1.165, 1.54) is 4.31 Å². The van der Waals surface area contributed by atoms with Crippen LogP contribution in [0.15, 0.2) is 30.3 Å². The first kappa shape index (κ1) is 18.4. The van der Waals surface area contributed by atoms with Crippen LogP contribution in [0.2, 0.25) is 0 Å². The topological polar surface area (TPSA) is 37.4 Å². The van der Waals surface area contributed by atoms with Crippen LogP contribution in [0, 0.1) is 0 Å². The summed E-state index contributed by atoms with van der Waals surface area (Å²) in [6.45, 7) is 0.393. The molecule has 0 radical (unpaired) electrons. The van der Waals surface area contributed by atoms with Gasteiger partial charge in [0, 0.05) is 24.8 Å². The van der Waals surface area contributed by atoms with Crippen molar-refractivity contribution in [3.63, 3.8) is 0 Å². The number of benzene rings is 1. The molecular formula is C13H17BrF3NO2S. The fraction of sp³-hybridized carbons (Fsp3) is 0.538. The number of nitrogens with zero attached hydrogens (tertiary/aromatic N) is 1. The van der Waals surface area contributed by atoms with E-state index in [1.54, 1.807) is 24.3 Å². The van der Waals surface area contributed by atoms with Gasteiger partial charge in [-0.3, -0.25) is 0 Å². The van der Waals surface area contributed by atoms with Crippen molar-refractivity contribution in [1.29, 1.82) is 0 Å². The number of hydrogen-bond donors (Lipinski definition) is 0. The van der Waals surface area contributed by atoms with Crippen molar-refractivity contribution in [3.8, 4) is 0 Å². The predicted molar refractivity (Wildman–Crippen MR) is 79.7 cm³/mol. The number of hydrogen-bond acceptors (Lipinski definition) is 2. The zero-order chi connectivity index (χ0) is 15.9. The highest BCUT2D eigenvalue weighted by Crippen LogP contribution is 2.22. The van der Waals surface area contributed by atoms with Crippen LogP contribution in [0.4, 0.5) is 13.2 Å². The van der Waals surface area contributed by atoms with Crippen LogP contribution in [-0.4, -0.2) is 36.5 Å². The molecule has 3 nitrogen and oxygen atoms in total. The zero-order valence-electron chi connectivity index (χ0n) is 11.3. The molecule has 0 saturated heterocycles. The summed E-state index contributed by atoms with van der Waals surface area (Å²) in [7, 11) is -3.70. The molecule has 0 amide bonds. The maximum Gasteiger partial charge on any atom is 0.389 e. The number of sulfonamides is 1. The van der Waals surface area contributed by atoms with Crippen molar-refractivity contribution in [2.75, 3.05) is 17.6 Å². The van der Waals surface area contributed by atoms with Crippen molar-refractivity contribution >= 4 is 26.0 Å². The Hall–Kier alpha value is -0.600. The van der Waals surface area contributed by atoms with Gasteiger partial charge in [0.15, 0.2) is 0 Å². The Morgan fingerprint density at radius 2 is 1.76 bits per heavy atom. The minimum Gasteiger partial charge on any atom is -0.212 e. The quantitative estimate of drug-likeness (QED) is 0.639. The maximum atomic E-state index is 12.1. The lowest BCUT2D eigenvalue weighted by Crippen LogP contribution is -2.34. The highest BCUT2D eigenvalue weighted by Gasteiger charge is 2.29. The maximum absolute atomic E-state index is 12.1. The van der Waals surface area contributed by atoms with Gasteiger partial charge in [-0.2, -0.15) is 17.5 Å². The van der Waals surface area contributed by atoms with Gasteiger partial charge >= 0.3 is 6.18 Å². The summed E-state index contributed by atoms with van der Waals surface area (Å²) in [4.78, 5) is 0. The molecule has 21 heavy (non-hydrogen) atoms. The van der Waals surface area contributed by atoms with Crippen LogP contribution < -0.4 is 0 Å². The van der Waals surface area contributed by atoms with Gasteiger partial charge in [0.05, 0.1) is 5.75 Å². The van der Waals surface area contributed by atoms with Gasteiger partial charge in [-0.25, -0.2) is 8.42 Å². The molecule has 0 spiro atoms. The average molecular weight is 388 g/mol. The van der Waals surface area contributed by atoms with E-state index in [-0.39, 0.29) is 13.1 Å². The Bertz CT molecular complexity index is 520. The van der Waals surface area contributed by atoms with Gasteiger partial charge in [-0.05, 0) is 12.0 Å². The first-order valence-corrected chi connectivity index (χ1v) is 9.12. The Balaban J connectivity index is 2.69. The van der Waals surface area contributed by atoms with E-state index in [4.69, 9.17) is 0 Å². The molecule has 120 valence electrons. The van der Waals surface area contributed by atoms with Crippen molar-refractivity contribution in [2.45, 2.75) is 25.6 Å². The third kappa shape index (κ3) is 7.28. The van der Waals surface area contributed by atoms with Crippen molar-refractivity contribution < 1.29 is 21.6 Å². The number of halogens is 4. The number of alkyl halides is 4. The second kappa shape index (κ2) is 8.14. The molecule has 0 aliphatic heterocycles. The van der Waals surface area contributed by atoms with Gasteiger partial charge in [0.2, 0.25) is 10.0 Å². The average Bonchev–Trinajstić information content (AvgIpc) is 2.37. The fourth-order valence-corrected chi connectivity index (χ4v) is 3.93. The summed E-state index contributed by atoms with van der Waals surface area (Å²) >= 11 is 3.17. The molecule has 0 heterocycles. The third-order valence-electron chi connectivity index (χ3n) is 2.79. The second-order valence-corrected chi connectivity index (χ2v) is 7.42. The summed E-state index contributed by atoms with van der Waals surface area (Å²) < 4.78 is 61.8. The molecule has 0 bridgehead atoms. The molecule has 0 fully saturated rings. The summed E-state index contributed by atoms with van der Waals surface area (Å²) in [6.07, 6.45) is -5.83. The Morgan fingerprint density at radius 1 is 1.14 bits per heavy atom. The molecule has 0 saturated carbocycles. The van der Waals surface area contributed by atoms with Crippen LogP contribution in [0.3, 0.4) is 0 Å². The molecule has 8 heteroatoms. The lowest BCUT2D eigenvalue weighted by Gasteiger charge is -2.21. The van der Waals surface area contributed by atoms with E-state index in [2.05, 4.69) is 15.9 Å². The molecule has 0 aliphatic carbocycles. The van der Waals surface area contributed by atoms with Crippen molar-refractivity contribution in [3.05, 3.63) is 35.9 Å². The molecule has 1 aromatic rings. The Labute approximate surface area is 131 Å². The lowest BCUT2D eigenvalue weighted by atomic mass is 10.2. The molecular weight excluding hydrogens is 371 g/mol. The van der Waals surface area contributed by atoms with Gasteiger partial charge in [0.1, 0.15) is 0 Å². The van der Waals surface area contributed by atoms with Gasteiger partial charge in [-0.1, -0.05) is 46.3 Å². The van der Waals surface area contributed by atoms with Gasteiger partial charge in [0.25, 0.3) is 0 Å². The zero-order valence-corrected chi connectivity index (χ0v) is 13.7. The van der Waals surface area contributed by atoms with E-state index < -0.39 is 34.8 Å². The van der Waals surface area contributed by atoms with Crippen LogP contribution in [0.25, 0.3) is 0 Å². The normalized spacial score (nSPS) is 12.8. The van der Waals surface area contributed by atoms with Crippen LogP contribution in [0.5, 0.6) is 0 Å². The molecule has 1 aromatic carbocycles. The van der Waals surface area contributed by atoms with Crippen LogP contribution >= 0.6 is 15.9 Å². The van der Waals surface area contributed by atoms with E-state index >= 15 is 0 Å². The molecule has 0 aliphatic rings. The Kier molecular flexibility index (Phi) is 7.15. The molecule has 0 aromatic heterocycles. The predicted octanol–water partition coefficient (Wildman–Crippen LogP) is 3.56. The van der Waals surface area contributed by atoms with E-state index in [9.17, 15) is 21.6 Å². The van der Waals surface area contributed by atoms with Gasteiger partial charge < -0.3 is 0 Å². The van der Waals surface area contributed by atoms with Crippen LogP contribution in [0.1, 0.15) is 18.4 Å². The minimum atomic E-state index is -4.32. The summed E-state index contributed by atoms with van der Waals surface area (Å²) in [6, 6.07) is 8.96. The smallest absolute Gasteiger partial charge is 0.212 e. The van der Waals surface area contributed by atoms with Crippen LogP contribution in [-0.2, 0) is 16.6 Å². The highest BCUT2D eigenvalue weighted by atomic mass is 79.9. The van der Waals surface area contributed by atoms with Gasteiger partial charge in [-0.15, -0.1) is 0 Å². The Morgan fingerprint density at radius 3 is 2.29 bits per heavy atom. The standard InChI is InChI=1S/C13H17BrF3NO2S/c14-8-9-18(11-12-5-2-1-3-6-12)21(19,20)10-4-7-13(15,16)17/h1-3,5-6H,4,7-11H2. The largest absolute Gasteiger partial charge is 0.389 e. The molecule has 0 unspecified atom stereocenters. The molecule has 1 rings (SSSR count).